The Labute approximate surface area is 130 Å². The summed E-state index contributed by atoms with van der Waals surface area (Å²) in [7, 11) is 1.33. The summed E-state index contributed by atoms with van der Waals surface area (Å²) in [5.41, 5.74) is 0.971. The van der Waals surface area contributed by atoms with Crippen molar-refractivity contribution in [2.75, 3.05) is 13.7 Å². The van der Waals surface area contributed by atoms with E-state index < -0.39 is 5.97 Å². The molecule has 22 heavy (non-hydrogen) atoms. The average Bonchev–Trinajstić information content (AvgIpc) is 2.52. The molecule has 2 aromatic rings. The lowest BCUT2D eigenvalue weighted by Crippen LogP contribution is -2.41. The Balaban J connectivity index is 2.23. The topological polar surface area (TPSA) is 46.6 Å². The summed E-state index contributed by atoms with van der Waals surface area (Å²) in [6, 6.07) is 13.9. The molecule has 0 aliphatic rings. The van der Waals surface area contributed by atoms with Crippen molar-refractivity contribution >= 4 is 22.6 Å². The Hall–Kier alpha value is -2.36. The molecule has 4 nitrogen and oxygen atoms in total. The second kappa shape index (κ2) is 7.07. The maximum absolute atomic E-state index is 12.6. The standard InChI is InChI=1S/C18H21NO3/c1-13(2)19(12-18(21)22-3)17(20)11-15-9-6-8-14-7-4-5-10-16(14)15/h4-10,13H,11-12H2,1-3H3. The number of hydrogen-bond acceptors (Lipinski definition) is 3. The second-order valence-electron chi connectivity index (χ2n) is 5.51. The van der Waals surface area contributed by atoms with Crippen molar-refractivity contribution in [3.8, 4) is 0 Å². The van der Waals surface area contributed by atoms with Gasteiger partial charge in [-0.15, -0.1) is 0 Å². The zero-order chi connectivity index (χ0) is 16.1. The highest BCUT2D eigenvalue weighted by atomic mass is 16.5. The predicted octanol–water partition coefficient (Wildman–Crippen LogP) is 2.79. The number of rotatable bonds is 5. The lowest BCUT2D eigenvalue weighted by Gasteiger charge is -2.25. The molecular weight excluding hydrogens is 278 g/mol. The van der Waals surface area contributed by atoms with Crippen molar-refractivity contribution in [3.05, 3.63) is 48.0 Å². The van der Waals surface area contributed by atoms with E-state index in [2.05, 4.69) is 4.74 Å². The lowest BCUT2D eigenvalue weighted by molar-refractivity contribution is -0.147. The fourth-order valence-corrected chi connectivity index (χ4v) is 2.47. The van der Waals surface area contributed by atoms with Crippen LogP contribution in [0.5, 0.6) is 0 Å². The van der Waals surface area contributed by atoms with E-state index in [1.54, 1.807) is 4.90 Å². The molecular formula is C18H21NO3. The zero-order valence-corrected chi connectivity index (χ0v) is 13.2. The first-order valence-corrected chi connectivity index (χ1v) is 7.36. The van der Waals surface area contributed by atoms with Crippen molar-refractivity contribution in [3.63, 3.8) is 0 Å². The molecule has 0 atom stereocenters. The van der Waals surface area contributed by atoms with Gasteiger partial charge in [0.05, 0.1) is 13.5 Å². The van der Waals surface area contributed by atoms with Crippen molar-refractivity contribution in [2.24, 2.45) is 0 Å². The molecule has 2 aromatic carbocycles. The van der Waals surface area contributed by atoms with Crippen molar-refractivity contribution in [2.45, 2.75) is 26.3 Å². The van der Waals surface area contributed by atoms with E-state index in [1.807, 2.05) is 56.3 Å². The molecule has 0 spiro atoms. The fraction of sp³-hybridized carbons (Fsp3) is 0.333. The maximum atomic E-state index is 12.6. The fourth-order valence-electron chi connectivity index (χ4n) is 2.47. The predicted molar refractivity (Wildman–Crippen MR) is 86.5 cm³/mol. The van der Waals surface area contributed by atoms with Gasteiger partial charge in [0.25, 0.3) is 0 Å². The third kappa shape index (κ3) is 3.64. The Bertz CT molecular complexity index is 674. The highest BCUT2D eigenvalue weighted by molar-refractivity contribution is 5.91. The Morgan fingerprint density at radius 2 is 1.77 bits per heavy atom. The summed E-state index contributed by atoms with van der Waals surface area (Å²) in [6.07, 6.45) is 0.274. The first kappa shape index (κ1) is 16.0. The quantitative estimate of drug-likeness (QED) is 0.798. The summed E-state index contributed by atoms with van der Waals surface area (Å²) < 4.78 is 4.67. The van der Waals surface area contributed by atoms with Gasteiger partial charge in [-0.1, -0.05) is 42.5 Å². The SMILES string of the molecule is COC(=O)CN(C(=O)Cc1cccc2ccccc12)C(C)C. The summed E-state index contributed by atoms with van der Waals surface area (Å²) in [5, 5.41) is 2.18. The van der Waals surface area contributed by atoms with E-state index in [4.69, 9.17) is 0 Å². The second-order valence-corrected chi connectivity index (χ2v) is 5.51. The molecule has 0 fully saturated rings. The van der Waals surface area contributed by atoms with E-state index in [9.17, 15) is 9.59 Å². The zero-order valence-electron chi connectivity index (χ0n) is 13.2. The molecule has 0 saturated heterocycles. The van der Waals surface area contributed by atoms with E-state index in [0.29, 0.717) is 0 Å². The maximum Gasteiger partial charge on any atom is 0.325 e. The van der Waals surface area contributed by atoms with Gasteiger partial charge in [0.2, 0.25) is 5.91 Å². The molecule has 116 valence electrons. The number of nitrogens with zero attached hydrogens (tertiary/aromatic N) is 1. The Kier molecular flexibility index (Phi) is 5.15. The van der Waals surface area contributed by atoms with Crippen LogP contribution in [0.25, 0.3) is 10.8 Å². The molecule has 0 N–H and O–H groups in total. The third-order valence-electron chi connectivity index (χ3n) is 3.69. The van der Waals surface area contributed by atoms with Gasteiger partial charge >= 0.3 is 5.97 Å². The molecule has 0 aliphatic carbocycles. The third-order valence-corrected chi connectivity index (χ3v) is 3.69. The van der Waals surface area contributed by atoms with Crippen LogP contribution in [0.15, 0.2) is 42.5 Å². The molecule has 0 saturated carbocycles. The first-order valence-electron chi connectivity index (χ1n) is 7.36. The molecule has 2 rings (SSSR count). The van der Waals surface area contributed by atoms with E-state index in [0.717, 1.165) is 16.3 Å². The van der Waals surface area contributed by atoms with Crippen LogP contribution in [0.4, 0.5) is 0 Å². The largest absolute Gasteiger partial charge is 0.468 e. The summed E-state index contributed by atoms with van der Waals surface area (Å²) in [6.45, 7) is 3.77. The molecule has 0 radical (unpaired) electrons. The van der Waals surface area contributed by atoms with Crippen molar-refractivity contribution in [1.29, 1.82) is 0 Å². The number of carbonyl (C=O) groups is 2. The summed E-state index contributed by atoms with van der Waals surface area (Å²) in [5.74, 6) is -0.475. The van der Waals surface area contributed by atoms with Gasteiger partial charge in [-0.05, 0) is 30.2 Å². The van der Waals surface area contributed by atoms with Gasteiger partial charge in [-0.3, -0.25) is 9.59 Å². The normalized spacial score (nSPS) is 10.7. The summed E-state index contributed by atoms with van der Waals surface area (Å²) >= 11 is 0. The molecule has 4 heteroatoms. The van der Waals surface area contributed by atoms with Gasteiger partial charge in [0.15, 0.2) is 0 Å². The van der Waals surface area contributed by atoms with Crippen LogP contribution in [0.1, 0.15) is 19.4 Å². The minimum absolute atomic E-state index is 0.0161. The monoisotopic (exact) mass is 299 g/mol. The number of benzene rings is 2. The smallest absolute Gasteiger partial charge is 0.325 e. The van der Waals surface area contributed by atoms with Crippen LogP contribution in [0.2, 0.25) is 0 Å². The molecule has 0 unspecified atom stereocenters. The number of amides is 1. The summed E-state index contributed by atoms with van der Waals surface area (Å²) in [4.78, 5) is 25.6. The first-order chi connectivity index (χ1) is 10.5. The number of hydrogen-bond donors (Lipinski definition) is 0. The van der Waals surface area contributed by atoms with E-state index in [1.165, 1.54) is 7.11 Å². The molecule has 0 aliphatic heterocycles. The Morgan fingerprint density at radius 1 is 1.09 bits per heavy atom. The minimum atomic E-state index is -0.403. The average molecular weight is 299 g/mol. The van der Waals surface area contributed by atoms with Crippen LogP contribution < -0.4 is 0 Å². The number of carbonyl (C=O) groups excluding carboxylic acids is 2. The van der Waals surface area contributed by atoms with Crippen LogP contribution in [0.3, 0.4) is 0 Å². The van der Waals surface area contributed by atoms with Crippen molar-refractivity contribution < 1.29 is 14.3 Å². The van der Waals surface area contributed by atoms with Gasteiger partial charge in [-0.2, -0.15) is 0 Å². The molecule has 0 bridgehead atoms. The van der Waals surface area contributed by atoms with Crippen LogP contribution >= 0.6 is 0 Å². The highest BCUT2D eigenvalue weighted by Crippen LogP contribution is 2.19. The van der Waals surface area contributed by atoms with Gasteiger partial charge in [-0.25, -0.2) is 0 Å². The van der Waals surface area contributed by atoms with Gasteiger partial charge in [0, 0.05) is 6.04 Å². The number of esters is 1. The van der Waals surface area contributed by atoms with Gasteiger partial charge < -0.3 is 9.64 Å². The minimum Gasteiger partial charge on any atom is -0.468 e. The van der Waals surface area contributed by atoms with Crippen molar-refractivity contribution in [1.82, 2.24) is 4.90 Å². The number of fused-ring (bicyclic) bond motifs is 1. The highest BCUT2D eigenvalue weighted by Gasteiger charge is 2.21. The van der Waals surface area contributed by atoms with E-state index in [-0.39, 0.29) is 24.9 Å². The van der Waals surface area contributed by atoms with Crippen LogP contribution in [-0.4, -0.2) is 36.5 Å². The molecule has 1 amide bonds. The molecule has 0 aromatic heterocycles. The van der Waals surface area contributed by atoms with Crippen LogP contribution in [-0.2, 0) is 20.7 Å². The lowest BCUT2D eigenvalue weighted by atomic mass is 10.0. The molecule has 0 heterocycles. The van der Waals surface area contributed by atoms with Gasteiger partial charge in [0.1, 0.15) is 6.54 Å². The number of ether oxygens (including phenoxy) is 1. The Morgan fingerprint density at radius 3 is 2.45 bits per heavy atom. The van der Waals surface area contributed by atoms with Crippen LogP contribution in [0, 0.1) is 0 Å². The number of methoxy groups -OCH3 is 1. The van der Waals surface area contributed by atoms with E-state index >= 15 is 0 Å².